The average Bonchev–Trinajstić information content (AvgIpc) is 2.56. The van der Waals surface area contributed by atoms with E-state index < -0.39 is 5.82 Å². The molecule has 0 aliphatic carbocycles. The predicted molar refractivity (Wildman–Crippen MR) is 51.8 cm³/mol. The fraction of sp³-hybridized carbons (Fsp3) is 0.500. The van der Waals surface area contributed by atoms with Crippen molar-refractivity contribution in [2.45, 2.75) is 12.5 Å². The lowest BCUT2D eigenvalue weighted by atomic mass is 10.3. The van der Waals surface area contributed by atoms with Crippen LogP contribution in [-0.4, -0.2) is 29.1 Å². The van der Waals surface area contributed by atoms with Gasteiger partial charge in [0.15, 0.2) is 11.6 Å². The zero-order chi connectivity index (χ0) is 10.1. The third-order valence-electron chi connectivity index (χ3n) is 2.22. The van der Waals surface area contributed by atoms with Crippen LogP contribution in [0.3, 0.4) is 0 Å². The minimum atomic E-state index is -0.455. The molecule has 14 heavy (non-hydrogen) atoms. The molecule has 0 bridgehead atoms. The molecule has 76 valence electrons. The van der Waals surface area contributed by atoms with E-state index in [1.807, 2.05) is 0 Å². The van der Waals surface area contributed by atoms with Crippen LogP contribution in [0.15, 0.2) is 6.20 Å². The number of aromatic nitrogens is 2. The molecule has 1 atom stereocenters. The Morgan fingerprint density at radius 2 is 2.43 bits per heavy atom. The van der Waals surface area contributed by atoms with E-state index in [0.29, 0.717) is 13.1 Å². The SMILES string of the molecule is N[C@@H]1CCN(c2nc(Cl)ncc2F)C1. The summed E-state index contributed by atoms with van der Waals surface area (Å²) in [5.74, 6) is -0.207. The van der Waals surface area contributed by atoms with Crippen LogP contribution in [0.2, 0.25) is 5.28 Å². The number of rotatable bonds is 1. The summed E-state index contributed by atoms with van der Waals surface area (Å²) in [4.78, 5) is 9.18. The Labute approximate surface area is 85.9 Å². The van der Waals surface area contributed by atoms with Gasteiger partial charge in [-0.3, -0.25) is 0 Å². The van der Waals surface area contributed by atoms with Gasteiger partial charge in [-0.25, -0.2) is 9.37 Å². The molecule has 2 heterocycles. The van der Waals surface area contributed by atoms with Crippen molar-refractivity contribution in [2.24, 2.45) is 5.73 Å². The third-order valence-corrected chi connectivity index (χ3v) is 2.40. The van der Waals surface area contributed by atoms with E-state index in [4.69, 9.17) is 17.3 Å². The first-order chi connectivity index (χ1) is 6.66. The van der Waals surface area contributed by atoms with Crippen molar-refractivity contribution in [1.29, 1.82) is 0 Å². The van der Waals surface area contributed by atoms with E-state index in [2.05, 4.69) is 9.97 Å². The van der Waals surface area contributed by atoms with Crippen molar-refractivity contribution >= 4 is 17.4 Å². The Morgan fingerprint density at radius 3 is 3.07 bits per heavy atom. The molecule has 1 aromatic heterocycles. The number of anilines is 1. The summed E-state index contributed by atoms with van der Waals surface area (Å²) in [5.41, 5.74) is 5.71. The summed E-state index contributed by atoms with van der Waals surface area (Å²) in [6.07, 6.45) is 1.93. The monoisotopic (exact) mass is 216 g/mol. The molecule has 0 radical (unpaired) electrons. The van der Waals surface area contributed by atoms with Crippen LogP contribution in [0.5, 0.6) is 0 Å². The molecule has 1 aliphatic heterocycles. The van der Waals surface area contributed by atoms with Crippen LogP contribution < -0.4 is 10.6 Å². The topological polar surface area (TPSA) is 55.0 Å². The first-order valence-corrected chi connectivity index (χ1v) is 4.73. The lowest BCUT2D eigenvalue weighted by Gasteiger charge is -2.16. The van der Waals surface area contributed by atoms with E-state index in [-0.39, 0.29) is 17.1 Å². The average molecular weight is 217 g/mol. The summed E-state index contributed by atoms with van der Waals surface area (Å²) in [5, 5.41) is 0.0573. The first-order valence-electron chi connectivity index (χ1n) is 4.35. The van der Waals surface area contributed by atoms with Crippen molar-refractivity contribution < 1.29 is 4.39 Å². The number of nitrogens with two attached hydrogens (primary N) is 1. The van der Waals surface area contributed by atoms with E-state index in [0.717, 1.165) is 12.6 Å². The molecule has 2 N–H and O–H groups in total. The zero-order valence-corrected chi connectivity index (χ0v) is 8.21. The molecule has 0 unspecified atom stereocenters. The minimum absolute atomic E-state index is 0.0573. The van der Waals surface area contributed by atoms with Crippen molar-refractivity contribution in [3.05, 3.63) is 17.3 Å². The highest BCUT2D eigenvalue weighted by Gasteiger charge is 2.23. The maximum Gasteiger partial charge on any atom is 0.224 e. The number of hydrogen-bond donors (Lipinski definition) is 1. The number of halogens is 2. The number of hydrogen-bond acceptors (Lipinski definition) is 4. The molecule has 2 rings (SSSR count). The predicted octanol–water partition coefficient (Wildman–Crippen LogP) is 0.806. The highest BCUT2D eigenvalue weighted by Crippen LogP contribution is 2.21. The molecule has 0 saturated carbocycles. The molecule has 0 spiro atoms. The van der Waals surface area contributed by atoms with Gasteiger partial charge in [0.2, 0.25) is 5.28 Å². The lowest BCUT2D eigenvalue weighted by Crippen LogP contribution is -2.27. The summed E-state index contributed by atoms with van der Waals surface area (Å²) in [6, 6.07) is 0.0862. The van der Waals surface area contributed by atoms with Crippen LogP contribution in [0.1, 0.15) is 6.42 Å². The third kappa shape index (κ3) is 1.78. The molecule has 0 aromatic carbocycles. The standard InChI is InChI=1S/C8H10ClFN4/c9-8-12-3-6(10)7(13-8)14-2-1-5(11)4-14/h3,5H,1-2,4,11H2/t5-/m1/s1. The largest absolute Gasteiger partial charge is 0.352 e. The molecule has 6 heteroatoms. The second-order valence-corrected chi connectivity index (χ2v) is 3.64. The zero-order valence-electron chi connectivity index (χ0n) is 7.45. The van der Waals surface area contributed by atoms with Crippen molar-refractivity contribution in [3.63, 3.8) is 0 Å². The van der Waals surface area contributed by atoms with Gasteiger partial charge >= 0.3 is 0 Å². The van der Waals surface area contributed by atoms with Crippen molar-refractivity contribution in [1.82, 2.24) is 9.97 Å². The van der Waals surface area contributed by atoms with Gasteiger partial charge in [-0.2, -0.15) is 4.98 Å². The Morgan fingerprint density at radius 1 is 1.64 bits per heavy atom. The summed E-state index contributed by atoms with van der Waals surface area (Å²) >= 11 is 5.58. The Hall–Kier alpha value is -0.940. The van der Waals surface area contributed by atoms with E-state index in [1.165, 1.54) is 0 Å². The van der Waals surface area contributed by atoms with Crippen LogP contribution in [0.25, 0.3) is 0 Å². The minimum Gasteiger partial charge on any atom is -0.352 e. The van der Waals surface area contributed by atoms with Gasteiger partial charge in [0.25, 0.3) is 0 Å². The molecule has 1 aromatic rings. The van der Waals surface area contributed by atoms with Crippen molar-refractivity contribution in [2.75, 3.05) is 18.0 Å². The Bertz CT molecular complexity index is 346. The van der Waals surface area contributed by atoms with Gasteiger partial charge in [0.1, 0.15) is 0 Å². The summed E-state index contributed by atoms with van der Waals surface area (Å²) in [6.45, 7) is 1.33. The highest BCUT2D eigenvalue weighted by molar-refractivity contribution is 6.28. The van der Waals surface area contributed by atoms with Crippen molar-refractivity contribution in [3.8, 4) is 0 Å². The van der Waals surface area contributed by atoms with Crippen LogP contribution in [0, 0.1) is 5.82 Å². The molecular weight excluding hydrogens is 207 g/mol. The van der Waals surface area contributed by atoms with E-state index >= 15 is 0 Å². The lowest BCUT2D eigenvalue weighted by molar-refractivity contribution is 0.607. The van der Waals surface area contributed by atoms with E-state index in [9.17, 15) is 4.39 Å². The van der Waals surface area contributed by atoms with Gasteiger partial charge in [-0.1, -0.05) is 0 Å². The second-order valence-electron chi connectivity index (χ2n) is 3.31. The fourth-order valence-corrected chi connectivity index (χ4v) is 1.67. The second kappa shape index (κ2) is 3.67. The van der Waals surface area contributed by atoms with Gasteiger partial charge in [0, 0.05) is 19.1 Å². The van der Waals surface area contributed by atoms with Gasteiger partial charge in [-0.15, -0.1) is 0 Å². The summed E-state index contributed by atoms with van der Waals surface area (Å²) < 4.78 is 13.3. The molecule has 1 fully saturated rings. The van der Waals surface area contributed by atoms with Gasteiger partial charge in [-0.05, 0) is 18.0 Å². The first kappa shape index (κ1) is 9.61. The maximum atomic E-state index is 13.3. The quantitative estimate of drug-likeness (QED) is 0.706. The maximum absolute atomic E-state index is 13.3. The Balaban J connectivity index is 2.27. The van der Waals surface area contributed by atoms with Gasteiger partial charge < -0.3 is 10.6 Å². The smallest absolute Gasteiger partial charge is 0.224 e. The molecular formula is C8H10ClFN4. The molecule has 1 aliphatic rings. The van der Waals surface area contributed by atoms with Crippen LogP contribution in [-0.2, 0) is 0 Å². The normalized spacial score (nSPS) is 21.6. The van der Waals surface area contributed by atoms with Crippen LogP contribution in [0.4, 0.5) is 10.2 Å². The van der Waals surface area contributed by atoms with Gasteiger partial charge in [0.05, 0.1) is 6.20 Å². The Kier molecular flexibility index (Phi) is 2.52. The molecule has 4 nitrogen and oxygen atoms in total. The van der Waals surface area contributed by atoms with Crippen LogP contribution >= 0.6 is 11.6 Å². The summed E-state index contributed by atoms with van der Waals surface area (Å²) in [7, 11) is 0. The number of nitrogens with zero attached hydrogens (tertiary/aromatic N) is 3. The highest BCUT2D eigenvalue weighted by atomic mass is 35.5. The molecule has 0 amide bonds. The fourth-order valence-electron chi connectivity index (χ4n) is 1.54. The van der Waals surface area contributed by atoms with E-state index in [1.54, 1.807) is 4.90 Å². The molecule has 1 saturated heterocycles.